The second-order valence-corrected chi connectivity index (χ2v) is 12.1. The van der Waals surface area contributed by atoms with E-state index in [1.54, 1.807) is 13.0 Å². The van der Waals surface area contributed by atoms with E-state index < -0.39 is 12.7 Å². The highest BCUT2D eigenvalue weighted by molar-refractivity contribution is 6.30. The van der Waals surface area contributed by atoms with Crippen LogP contribution in [0.25, 0.3) is 5.69 Å². The second-order valence-electron chi connectivity index (χ2n) is 11.6. The lowest BCUT2D eigenvalue weighted by molar-refractivity contribution is -0.161. The van der Waals surface area contributed by atoms with Crippen LogP contribution in [0.5, 0.6) is 0 Å². The van der Waals surface area contributed by atoms with Crippen molar-refractivity contribution in [3.8, 4) is 5.69 Å². The number of benzene rings is 1. The van der Waals surface area contributed by atoms with Crippen LogP contribution in [0.1, 0.15) is 41.7 Å². The number of alkyl halides is 3. The number of fused-ring (bicyclic) bond motifs is 3. The quantitative estimate of drug-likeness (QED) is 0.430. The molecule has 0 bridgehead atoms. The highest BCUT2D eigenvalue weighted by Crippen LogP contribution is 2.56. The van der Waals surface area contributed by atoms with Crippen LogP contribution >= 0.6 is 11.6 Å². The Kier molecular flexibility index (Phi) is 5.74. The number of likely N-dealkylation sites (tertiary alicyclic amines) is 1. The molecule has 7 nitrogen and oxygen atoms in total. The van der Waals surface area contributed by atoms with E-state index in [0.29, 0.717) is 36.9 Å². The second kappa shape index (κ2) is 8.87. The predicted molar refractivity (Wildman–Crippen MR) is 137 cm³/mol. The van der Waals surface area contributed by atoms with Gasteiger partial charge in [0.15, 0.2) is 5.82 Å². The Morgan fingerprint density at radius 1 is 1.05 bits per heavy atom. The van der Waals surface area contributed by atoms with Gasteiger partial charge >= 0.3 is 6.18 Å². The van der Waals surface area contributed by atoms with Crippen LogP contribution in [0.4, 0.5) is 23.4 Å². The van der Waals surface area contributed by atoms with Gasteiger partial charge in [0.05, 0.1) is 24.5 Å². The zero-order valence-electron chi connectivity index (χ0n) is 21.4. The molecule has 1 aromatic carbocycles. The lowest BCUT2D eigenvalue weighted by Crippen LogP contribution is -2.62. The Hall–Kier alpha value is -2.76. The summed E-state index contributed by atoms with van der Waals surface area (Å²) in [7, 11) is 0. The van der Waals surface area contributed by atoms with E-state index in [2.05, 4.69) is 29.5 Å². The van der Waals surface area contributed by atoms with Crippen LogP contribution in [0, 0.1) is 18.2 Å². The monoisotopic (exact) mass is 561 g/mol. The topological polar surface area (TPSA) is 53.3 Å². The Morgan fingerprint density at radius 2 is 1.82 bits per heavy atom. The predicted octanol–water partition coefficient (Wildman–Crippen LogP) is 4.71. The summed E-state index contributed by atoms with van der Waals surface area (Å²) in [5.74, 6) is 2.53. The Balaban J connectivity index is 1.08. The molecule has 3 aromatic rings. The first-order chi connectivity index (χ1) is 18.6. The molecule has 2 aromatic heterocycles. The molecule has 1 saturated carbocycles. The summed E-state index contributed by atoms with van der Waals surface area (Å²) >= 11 is 6.37. The zero-order chi connectivity index (χ0) is 27.1. The lowest BCUT2D eigenvalue weighted by Gasteiger charge is -2.59. The fourth-order valence-electron chi connectivity index (χ4n) is 6.79. The van der Waals surface area contributed by atoms with Crippen LogP contribution in [-0.4, -0.2) is 74.5 Å². The van der Waals surface area contributed by atoms with Gasteiger partial charge in [-0.1, -0.05) is 11.6 Å². The van der Waals surface area contributed by atoms with E-state index in [-0.39, 0.29) is 23.2 Å². The lowest BCUT2D eigenvalue weighted by atomic mass is 9.57. The van der Waals surface area contributed by atoms with Gasteiger partial charge in [0, 0.05) is 55.1 Å². The van der Waals surface area contributed by atoms with Gasteiger partial charge in [-0.3, -0.25) is 14.4 Å². The fraction of sp³-hybridized carbons (Fsp3) is 0.519. The van der Waals surface area contributed by atoms with Crippen molar-refractivity contribution in [1.29, 1.82) is 0 Å². The standard InChI is InChI=1S/C27H28ClF4N7/c1-16-21(29)3-5-23(33-16)38-13-26(14-38)7-18(8-26)25-35-34-24-12-37(20-10-36(11-20)15-27(30,31)32)9-17-6-19(28)2-4-22(17)39(24)25/h2-6,18,20H,7-15H2,1H3. The van der Waals surface area contributed by atoms with Crippen LogP contribution in [-0.2, 0) is 13.1 Å². The molecule has 7 rings (SSSR count). The van der Waals surface area contributed by atoms with Crippen molar-refractivity contribution in [2.45, 2.75) is 51.0 Å². The molecule has 0 atom stereocenters. The smallest absolute Gasteiger partial charge is 0.355 e. The molecule has 5 heterocycles. The minimum absolute atomic E-state index is 0.0162. The highest BCUT2D eigenvalue weighted by atomic mass is 35.5. The molecule has 0 N–H and O–H groups in total. The number of rotatable bonds is 4. The summed E-state index contributed by atoms with van der Waals surface area (Å²) in [6.07, 6.45) is -2.21. The van der Waals surface area contributed by atoms with E-state index in [1.165, 1.54) is 11.0 Å². The van der Waals surface area contributed by atoms with Gasteiger partial charge in [0.1, 0.15) is 17.5 Å². The normalized spacial score (nSPS) is 21.6. The molecular weight excluding hydrogens is 534 g/mol. The third-order valence-corrected chi connectivity index (χ3v) is 8.95. The Morgan fingerprint density at radius 3 is 2.54 bits per heavy atom. The molecule has 0 amide bonds. The van der Waals surface area contributed by atoms with Crippen LogP contribution in [0.3, 0.4) is 0 Å². The largest absolute Gasteiger partial charge is 0.401 e. The molecule has 2 saturated heterocycles. The van der Waals surface area contributed by atoms with Crippen LogP contribution in [0.2, 0.25) is 5.02 Å². The molecule has 206 valence electrons. The number of hydrogen-bond acceptors (Lipinski definition) is 6. The van der Waals surface area contributed by atoms with Crippen molar-refractivity contribution < 1.29 is 17.6 Å². The Bertz CT molecular complexity index is 1420. The summed E-state index contributed by atoms with van der Waals surface area (Å²) < 4.78 is 54.3. The van der Waals surface area contributed by atoms with Gasteiger partial charge in [-0.2, -0.15) is 13.2 Å². The van der Waals surface area contributed by atoms with E-state index in [0.717, 1.165) is 54.6 Å². The van der Waals surface area contributed by atoms with E-state index >= 15 is 0 Å². The van der Waals surface area contributed by atoms with Crippen molar-refractivity contribution in [1.82, 2.24) is 29.5 Å². The van der Waals surface area contributed by atoms with Gasteiger partial charge in [0.25, 0.3) is 0 Å². The molecule has 39 heavy (non-hydrogen) atoms. The minimum Gasteiger partial charge on any atom is -0.355 e. The Labute approximate surface area is 228 Å². The first-order valence-corrected chi connectivity index (χ1v) is 13.6. The molecule has 1 spiro atoms. The molecule has 3 fully saturated rings. The van der Waals surface area contributed by atoms with Crippen molar-refractivity contribution in [2.75, 3.05) is 37.6 Å². The van der Waals surface area contributed by atoms with Gasteiger partial charge in [0.2, 0.25) is 0 Å². The maximum Gasteiger partial charge on any atom is 0.401 e. The summed E-state index contributed by atoms with van der Waals surface area (Å²) in [6.45, 7) is 4.44. The summed E-state index contributed by atoms with van der Waals surface area (Å²) in [5, 5.41) is 9.83. The summed E-state index contributed by atoms with van der Waals surface area (Å²) in [6, 6.07) is 9.03. The molecule has 4 aliphatic rings. The van der Waals surface area contributed by atoms with Gasteiger partial charge in [-0.25, -0.2) is 9.37 Å². The van der Waals surface area contributed by atoms with Gasteiger partial charge in [-0.15, -0.1) is 10.2 Å². The SMILES string of the molecule is Cc1nc(N2CC3(CC(c4nnc5n4-c4ccc(Cl)cc4CN(C4CN(CC(F)(F)F)C4)C5)C3)C2)ccc1F. The molecule has 1 aliphatic carbocycles. The molecule has 3 aliphatic heterocycles. The maximum absolute atomic E-state index is 13.6. The van der Waals surface area contributed by atoms with E-state index in [4.69, 9.17) is 11.6 Å². The number of hydrogen-bond donors (Lipinski definition) is 0. The molecule has 12 heteroatoms. The highest BCUT2D eigenvalue weighted by Gasteiger charge is 2.54. The molecule has 0 radical (unpaired) electrons. The average Bonchev–Trinajstić information content (AvgIpc) is 3.11. The van der Waals surface area contributed by atoms with E-state index in [9.17, 15) is 17.6 Å². The van der Waals surface area contributed by atoms with Gasteiger partial charge < -0.3 is 4.90 Å². The number of halogens is 5. The summed E-state index contributed by atoms with van der Waals surface area (Å²) in [4.78, 5) is 10.2. The van der Waals surface area contributed by atoms with Crippen molar-refractivity contribution in [3.63, 3.8) is 0 Å². The number of aryl methyl sites for hydroxylation is 1. The van der Waals surface area contributed by atoms with Crippen molar-refractivity contribution in [3.05, 3.63) is 64.1 Å². The summed E-state index contributed by atoms with van der Waals surface area (Å²) in [5.41, 5.74) is 2.63. The number of nitrogens with zero attached hydrogens (tertiary/aromatic N) is 7. The zero-order valence-corrected chi connectivity index (χ0v) is 22.2. The first-order valence-electron chi connectivity index (χ1n) is 13.2. The minimum atomic E-state index is -4.19. The number of anilines is 1. The average molecular weight is 562 g/mol. The third-order valence-electron chi connectivity index (χ3n) is 8.72. The van der Waals surface area contributed by atoms with Crippen molar-refractivity contribution in [2.24, 2.45) is 5.41 Å². The van der Waals surface area contributed by atoms with Crippen molar-refractivity contribution >= 4 is 17.4 Å². The fourth-order valence-corrected chi connectivity index (χ4v) is 6.98. The first kappa shape index (κ1) is 25.2. The number of aromatic nitrogens is 4. The van der Waals surface area contributed by atoms with Crippen LogP contribution < -0.4 is 4.90 Å². The van der Waals surface area contributed by atoms with Gasteiger partial charge in [-0.05, 0) is 55.7 Å². The third kappa shape index (κ3) is 4.48. The number of pyridine rings is 1. The maximum atomic E-state index is 13.6. The van der Waals surface area contributed by atoms with Crippen LogP contribution in [0.15, 0.2) is 30.3 Å². The molecule has 0 unspecified atom stereocenters. The molecular formula is C27H28ClF4N7. The van der Waals surface area contributed by atoms with E-state index in [1.807, 2.05) is 18.2 Å².